The zero-order valence-corrected chi connectivity index (χ0v) is 17.2. The fourth-order valence-electron chi connectivity index (χ4n) is 4.00. The van der Waals surface area contributed by atoms with Crippen LogP contribution < -0.4 is 0 Å². The van der Waals surface area contributed by atoms with Crippen molar-refractivity contribution in [2.45, 2.75) is 31.1 Å². The number of amides is 2. The lowest BCUT2D eigenvalue weighted by molar-refractivity contribution is -0.159. The van der Waals surface area contributed by atoms with E-state index in [0.29, 0.717) is 24.5 Å². The van der Waals surface area contributed by atoms with E-state index in [1.165, 1.54) is 11.3 Å². The molecular weight excluding hydrogens is 398 g/mol. The molecule has 0 N–H and O–H groups in total. The van der Waals surface area contributed by atoms with Crippen molar-refractivity contribution in [1.29, 1.82) is 0 Å². The Morgan fingerprint density at radius 1 is 1.07 bits per heavy atom. The van der Waals surface area contributed by atoms with E-state index >= 15 is 0 Å². The first-order chi connectivity index (χ1) is 14.7. The summed E-state index contributed by atoms with van der Waals surface area (Å²) in [4.78, 5) is 39.3. The van der Waals surface area contributed by atoms with Gasteiger partial charge in [-0.15, -0.1) is 11.3 Å². The molecule has 1 saturated heterocycles. The van der Waals surface area contributed by atoms with Gasteiger partial charge in [-0.3, -0.25) is 29.6 Å². The molecule has 7 nitrogen and oxygen atoms in total. The van der Waals surface area contributed by atoms with Gasteiger partial charge in [0.1, 0.15) is 10.7 Å². The Kier molecular flexibility index (Phi) is 4.78. The van der Waals surface area contributed by atoms with Crippen LogP contribution >= 0.6 is 11.3 Å². The Bertz CT molecular complexity index is 1070. The molecule has 2 amide bonds. The Balaban J connectivity index is 1.30. The first kappa shape index (κ1) is 18.9. The van der Waals surface area contributed by atoms with Gasteiger partial charge in [-0.1, -0.05) is 30.3 Å². The third-order valence-corrected chi connectivity index (χ3v) is 6.62. The van der Waals surface area contributed by atoms with Crippen LogP contribution in [0.1, 0.15) is 30.5 Å². The monoisotopic (exact) mass is 419 g/mol. The van der Waals surface area contributed by atoms with Crippen LogP contribution in [0.25, 0.3) is 10.7 Å². The van der Waals surface area contributed by atoms with E-state index in [1.807, 2.05) is 35.7 Å². The topological polar surface area (TPSA) is 79.3 Å². The van der Waals surface area contributed by atoms with Gasteiger partial charge in [0.2, 0.25) is 5.91 Å². The summed E-state index contributed by atoms with van der Waals surface area (Å²) < 4.78 is 0. The number of nitrogens with zero attached hydrogens (tertiary/aromatic N) is 5. The SMILES string of the molecule is O=C(Cc1csc(-c2cnccn2)n1)N1CCCN1C(=O)C1(c2ccccc2)CC1. The summed E-state index contributed by atoms with van der Waals surface area (Å²) in [5.74, 6) is -0.0567. The van der Waals surface area contributed by atoms with E-state index < -0.39 is 5.41 Å². The van der Waals surface area contributed by atoms with Gasteiger partial charge in [-0.25, -0.2) is 4.98 Å². The third kappa shape index (κ3) is 3.37. The molecule has 2 fully saturated rings. The number of benzene rings is 1. The highest BCUT2D eigenvalue weighted by Gasteiger charge is 2.54. The predicted molar refractivity (Wildman–Crippen MR) is 112 cm³/mol. The third-order valence-electron chi connectivity index (χ3n) is 5.71. The number of carbonyl (C=O) groups excluding carboxylic acids is 2. The summed E-state index contributed by atoms with van der Waals surface area (Å²) in [5.41, 5.74) is 1.96. The minimum absolute atomic E-state index is 0.0399. The molecular formula is C22H21N5O2S. The van der Waals surface area contributed by atoms with Crippen LogP contribution in [-0.4, -0.2) is 49.9 Å². The Morgan fingerprint density at radius 3 is 2.60 bits per heavy atom. The fraction of sp³-hybridized carbons (Fsp3) is 0.318. The highest BCUT2D eigenvalue weighted by molar-refractivity contribution is 7.13. The maximum absolute atomic E-state index is 13.4. The summed E-state index contributed by atoms with van der Waals surface area (Å²) in [5, 5.41) is 5.89. The number of carbonyl (C=O) groups is 2. The van der Waals surface area contributed by atoms with Crippen molar-refractivity contribution < 1.29 is 9.59 Å². The van der Waals surface area contributed by atoms with Crippen LogP contribution in [0.2, 0.25) is 0 Å². The number of rotatable bonds is 5. The lowest BCUT2D eigenvalue weighted by Crippen LogP contribution is -2.49. The number of thiazole rings is 1. The van der Waals surface area contributed by atoms with E-state index in [2.05, 4.69) is 15.0 Å². The summed E-state index contributed by atoms with van der Waals surface area (Å²) in [7, 11) is 0. The van der Waals surface area contributed by atoms with Gasteiger partial charge in [-0.2, -0.15) is 0 Å². The van der Waals surface area contributed by atoms with Crippen LogP contribution in [0, 0.1) is 0 Å². The highest BCUT2D eigenvalue weighted by atomic mass is 32.1. The first-order valence-corrected chi connectivity index (χ1v) is 10.9. The lowest BCUT2D eigenvalue weighted by atomic mass is 9.95. The molecule has 152 valence electrons. The summed E-state index contributed by atoms with van der Waals surface area (Å²) in [6, 6.07) is 9.91. The van der Waals surface area contributed by atoms with Crippen LogP contribution in [-0.2, 0) is 21.4 Å². The van der Waals surface area contributed by atoms with Gasteiger partial charge in [0, 0.05) is 30.9 Å². The molecule has 0 spiro atoms. The van der Waals surface area contributed by atoms with Gasteiger partial charge >= 0.3 is 0 Å². The molecule has 1 saturated carbocycles. The Hall–Kier alpha value is -3.13. The first-order valence-electron chi connectivity index (χ1n) is 10.1. The smallest absolute Gasteiger partial charge is 0.251 e. The molecule has 3 aromatic rings. The van der Waals surface area contributed by atoms with Crippen LogP contribution in [0.3, 0.4) is 0 Å². The van der Waals surface area contributed by atoms with E-state index in [0.717, 1.165) is 29.8 Å². The normalized spacial score (nSPS) is 17.2. The van der Waals surface area contributed by atoms with E-state index in [1.54, 1.807) is 28.6 Å². The Labute approximate surface area is 178 Å². The lowest BCUT2D eigenvalue weighted by Gasteiger charge is -2.31. The number of hydrazine groups is 1. The molecule has 1 aliphatic carbocycles. The average molecular weight is 420 g/mol. The molecule has 0 atom stereocenters. The van der Waals surface area contributed by atoms with Gasteiger partial charge in [0.25, 0.3) is 5.91 Å². The largest absolute Gasteiger partial charge is 0.273 e. The molecule has 3 heterocycles. The second-order valence-corrected chi connectivity index (χ2v) is 8.52. The predicted octanol–water partition coefficient (Wildman–Crippen LogP) is 2.85. The summed E-state index contributed by atoms with van der Waals surface area (Å²) in [6.45, 7) is 1.15. The molecule has 1 aliphatic heterocycles. The summed E-state index contributed by atoms with van der Waals surface area (Å²) >= 11 is 1.44. The zero-order chi connectivity index (χ0) is 20.6. The van der Waals surface area contributed by atoms with Crippen molar-refractivity contribution in [3.63, 3.8) is 0 Å². The molecule has 0 radical (unpaired) electrons. The molecule has 2 aromatic heterocycles. The van der Waals surface area contributed by atoms with Crippen molar-refractivity contribution >= 4 is 23.2 Å². The van der Waals surface area contributed by atoms with Gasteiger partial charge < -0.3 is 0 Å². The van der Waals surface area contributed by atoms with Crippen LogP contribution in [0.5, 0.6) is 0 Å². The molecule has 5 rings (SSSR count). The molecule has 8 heteroatoms. The molecule has 30 heavy (non-hydrogen) atoms. The molecule has 1 aromatic carbocycles. The molecule has 0 unspecified atom stereocenters. The second-order valence-electron chi connectivity index (χ2n) is 7.66. The minimum atomic E-state index is -0.468. The second kappa shape index (κ2) is 7.60. The molecule has 2 aliphatic rings. The van der Waals surface area contributed by atoms with Crippen LogP contribution in [0.4, 0.5) is 0 Å². The van der Waals surface area contributed by atoms with Gasteiger partial charge in [0.15, 0.2) is 0 Å². The van der Waals surface area contributed by atoms with Crippen molar-refractivity contribution in [3.8, 4) is 10.7 Å². The number of aromatic nitrogens is 3. The number of hydrogen-bond acceptors (Lipinski definition) is 6. The zero-order valence-electron chi connectivity index (χ0n) is 16.4. The maximum atomic E-state index is 13.4. The standard InChI is InChI=1S/C22H21N5O2S/c28-19(13-17-15-30-20(25-17)18-14-23-9-10-24-18)26-11-4-12-27(26)21(29)22(7-8-22)16-5-2-1-3-6-16/h1-3,5-6,9-10,14-15H,4,7-8,11-13H2. The van der Waals surface area contributed by atoms with Crippen molar-refractivity contribution in [2.24, 2.45) is 0 Å². The van der Waals surface area contributed by atoms with Crippen molar-refractivity contribution in [2.75, 3.05) is 13.1 Å². The van der Waals surface area contributed by atoms with Gasteiger partial charge in [0.05, 0.1) is 23.7 Å². The highest BCUT2D eigenvalue weighted by Crippen LogP contribution is 2.50. The molecule has 0 bridgehead atoms. The van der Waals surface area contributed by atoms with E-state index in [4.69, 9.17) is 0 Å². The minimum Gasteiger partial charge on any atom is -0.273 e. The quantitative estimate of drug-likeness (QED) is 0.635. The van der Waals surface area contributed by atoms with E-state index in [-0.39, 0.29) is 18.2 Å². The van der Waals surface area contributed by atoms with E-state index in [9.17, 15) is 9.59 Å². The average Bonchev–Trinajstić information content (AvgIpc) is 3.22. The fourth-order valence-corrected chi connectivity index (χ4v) is 4.78. The van der Waals surface area contributed by atoms with Crippen molar-refractivity contribution in [3.05, 3.63) is 65.6 Å². The number of hydrogen-bond donors (Lipinski definition) is 0. The van der Waals surface area contributed by atoms with Crippen molar-refractivity contribution in [1.82, 2.24) is 25.0 Å². The summed E-state index contributed by atoms with van der Waals surface area (Å²) in [6.07, 6.45) is 7.52. The Morgan fingerprint density at radius 2 is 1.87 bits per heavy atom. The maximum Gasteiger partial charge on any atom is 0.251 e. The van der Waals surface area contributed by atoms with Crippen LogP contribution in [0.15, 0.2) is 54.3 Å². The van der Waals surface area contributed by atoms with Gasteiger partial charge in [-0.05, 0) is 24.8 Å².